The fourth-order valence-electron chi connectivity index (χ4n) is 0.107. The number of carboxylic acids is 1. The van der Waals surface area contributed by atoms with Gasteiger partial charge in [0.25, 0.3) is 0 Å². The average Bonchev–Trinajstić information content (AvgIpc) is 1.67. The molecule has 0 bridgehead atoms. The highest BCUT2D eigenvalue weighted by Crippen LogP contribution is 1.50. The van der Waals surface area contributed by atoms with E-state index in [0.29, 0.717) is 0 Å². The van der Waals surface area contributed by atoms with Gasteiger partial charge in [-0.3, -0.25) is 4.79 Å². The predicted octanol–water partition coefficient (Wildman–Crippen LogP) is -0.710. The van der Waals surface area contributed by atoms with Crippen LogP contribution in [-0.4, -0.2) is 24.6 Å². The van der Waals surface area contributed by atoms with Gasteiger partial charge in [-0.05, 0) is 7.05 Å². The summed E-state index contributed by atoms with van der Waals surface area (Å²) in [6, 6.07) is 0. The minimum atomic E-state index is -2.29. The van der Waals surface area contributed by atoms with Crippen LogP contribution in [0.15, 0.2) is 0 Å². The van der Waals surface area contributed by atoms with Gasteiger partial charge in [0.2, 0.25) is 0 Å². The highest BCUT2D eigenvalue weighted by atomic mass is 16.4. The van der Waals surface area contributed by atoms with Crippen molar-refractivity contribution in [2.75, 3.05) is 13.5 Å². The monoisotopic (exact) mass is 91.1 g/mol. The van der Waals surface area contributed by atoms with Crippen LogP contribution < -0.4 is 5.32 Å². The van der Waals surface area contributed by atoms with Crippen LogP contribution in [0.1, 0.15) is 2.74 Å². The van der Waals surface area contributed by atoms with E-state index in [4.69, 9.17) is 7.85 Å². The Balaban J connectivity index is 3.91. The average molecular weight is 91.1 g/mol. The second-order valence-corrected chi connectivity index (χ2v) is 0.680. The maximum atomic E-state index is 9.81. The molecule has 36 valence electrons. The smallest absolute Gasteiger partial charge is 0.317 e. The maximum absolute atomic E-state index is 9.81. The molecule has 0 amide bonds. The lowest BCUT2D eigenvalue weighted by Crippen LogP contribution is -2.16. The van der Waals surface area contributed by atoms with E-state index in [1.165, 1.54) is 7.05 Å². The van der Waals surface area contributed by atoms with Crippen LogP contribution in [-0.2, 0) is 4.79 Å². The minimum absolute atomic E-state index is 1.24. The molecular formula is C3H7NO2. The number of aliphatic carboxylic acids is 1. The summed E-state index contributed by atoms with van der Waals surface area (Å²) in [6.45, 7) is -2.29. The number of carbonyl (C=O) groups is 1. The first-order valence-electron chi connectivity index (χ1n) is 2.43. The van der Waals surface area contributed by atoms with Gasteiger partial charge in [0, 0.05) is 0 Å². The van der Waals surface area contributed by atoms with E-state index in [-0.39, 0.29) is 0 Å². The van der Waals surface area contributed by atoms with Gasteiger partial charge in [0.05, 0.1) is 9.24 Å². The van der Waals surface area contributed by atoms with Crippen molar-refractivity contribution >= 4 is 5.97 Å². The van der Waals surface area contributed by atoms with Gasteiger partial charge < -0.3 is 10.4 Å². The van der Waals surface area contributed by atoms with Crippen LogP contribution in [0.4, 0.5) is 0 Å². The summed E-state index contributed by atoms with van der Waals surface area (Å²) >= 11 is 0. The van der Waals surface area contributed by atoms with Gasteiger partial charge >= 0.3 is 5.97 Å². The molecule has 3 heteroatoms. The first-order valence-corrected chi connectivity index (χ1v) is 1.43. The molecule has 0 aliphatic heterocycles. The van der Waals surface area contributed by atoms with Crippen LogP contribution in [0, 0.1) is 0 Å². The van der Waals surface area contributed by atoms with Crippen molar-refractivity contribution in [2.24, 2.45) is 0 Å². The molecule has 2 N–H and O–H groups in total. The molecule has 0 radical (unpaired) electrons. The number of likely N-dealkylation sites (N-methyl/N-ethyl adjacent to an activating group) is 1. The lowest BCUT2D eigenvalue weighted by atomic mass is 10.7. The zero-order chi connectivity index (χ0) is 6.78. The standard InChI is InChI=1S/C3H7NO2/c1-4-2-3(5)6/h4H,2H2,1H3,(H,5,6)/i2D2. The first-order chi connectivity index (χ1) is 3.50. The van der Waals surface area contributed by atoms with Gasteiger partial charge in [-0.25, -0.2) is 0 Å². The summed E-state index contributed by atoms with van der Waals surface area (Å²) in [7, 11) is 1.24. The maximum Gasteiger partial charge on any atom is 0.317 e. The number of rotatable bonds is 2. The van der Waals surface area contributed by atoms with E-state index >= 15 is 0 Å². The Bertz CT molecular complexity index is 103. The predicted molar refractivity (Wildman–Crippen MR) is 21.6 cm³/mol. The zero-order valence-corrected chi connectivity index (χ0v) is 3.36. The second kappa shape index (κ2) is 2.66. The fourth-order valence-corrected chi connectivity index (χ4v) is 0.107. The Kier molecular flexibility index (Phi) is 1.14. The van der Waals surface area contributed by atoms with Crippen LogP contribution in [0.2, 0.25) is 0 Å². The third-order valence-electron chi connectivity index (χ3n) is 0.232. The van der Waals surface area contributed by atoms with Crippen LogP contribution in [0.25, 0.3) is 0 Å². The van der Waals surface area contributed by atoms with E-state index in [1.54, 1.807) is 0 Å². The molecule has 0 aromatic carbocycles. The molecule has 0 aliphatic rings. The molecule has 0 saturated heterocycles. The number of hydrogen-bond acceptors (Lipinski definition) is 2. The van der Waals surface area contributed by atoms with E-state index in [0.717, 1.165) is 0 Å². The quantitative estimate of drug-likeness (QED) is 0.472. The number of nitrogens with one attached hydrogen (secondary N) is 1. The summed E-state index contributed by atoms with van der Waals surface area (Å²) < 4.78 is 13.2. The number of carboxylic acid groups (broad SMARTS) is 1. The third kappa shape index (κ3) is 3.43. The van der Waals surface area contributed by atoms with Crippen molar-refractivity contribution in [1.82, 2.24) is 5.32 Å². The molecule has 0 spiro atoms. The van der Waals surface area contributed by atoms with Gasteiger partial charge in [0.15, 0.2) is 0 Å². The number of hydrogen-bond donors (Lipinski definition) is 2. The van der Waals surface area contributed by atoms with E-state index < -0.39 is 12.5 Å². The van der Waals surface area contributed by atoms with Gasteiger partial charge in [-0.2, -0.15) is 0 Å². The Labute approximate surface area is 38.8 Å². The van der Waals surface area contributed by atoms with Crippen molar-refractivity contribution < 1.29 is 12.6 Å². The Morgan fingerprint density at radius 2 is 2.83 bits per heavy atom. The molecule has 6 heavy (non-hydrogen) atoms. The van der Waals surface area contributed by atoms with Crippen LogP contribution in [0.5, 0.6) is 0 Å². The fraction of sp³-hybridized carbons (Fsp3) is 0.667. The first kappa shape index (κ1) is 2.58. The molecule has 0 atom stereocenters. The lowest BCUT2D eigenvalue weighted by Gasteiger charge is -1.84. The largest absolute Gasteiger partial charge is 0.480 e. The van der Waals surface area contributed by atoms with Gasteiger partial charge in [0.1, 0.15) is 0 Å². The van der Waals surface area contributed by atoms with E-state index in [2.05, 4.69) is 0 Å². The summed E-state index contributed by atoms with van der Waals surface area (Å²) in [5.41, 5.74) is 0. The molecule has 0 unspecified atom stereocenters. The topological polar surface area (TPSA) is 49.3 Å². The summed E-state index contributed by atoms with van der Waals surface area (Å²) in [4.78, 5) is 9.81. The molecule has 0 saturated carbocycles. The van der Waals surface area contributed by atoms with Crippen molar-refractivity contribution in [3.05, 3.63) is 0 Å². The van der Waals surface area contributed by atoms with Crippen molar-refractivity contribution in [3.63, 3.8) is 0 Å². The summed E-state index contributed by atoms with van der Waals surface area (Å²) in [5.74, 6) is -1.50. The molecular weight excluding hydrogens is 82.0 g/mol. The molecule has 0 aromatic heterocycles. The Morgan fingerprint density at radius 3 is 2.83 bits per heavy atom. The van der Waals surface area contributed by atoms with Crippen LogP contribution in [0.3, 0.4) is 0 Å². The minimum Gasteiger partial charge on any atom is -0.480 e. The molecule has 3 nitrogen and oxygen atoms in total. The Morgan fingerprint density at radius 1 is 2.33 bits per heavy atom. The summed E-state index contributed by atoms with van der Waals surface area (Å²) in [5, 5.41) is 9.98. The normalized spacial score (nSPS) is 15.5. The lowest BCUT2D eigenvalue weighted by molar-refractivity contribution is -0.135. The van der Waals surface area contributed by atoms with Crippen molar-refractivity contribution in [1.29, 1.82) is 0 Å². The van der Waals surface area contributed by atoms with Gasteiger partial charge in [-0.15, -0.1) is 0 Å². The molecule has 0 fully saturated rings. The SMILES string of the molecule is [2H]C([2H])(NC)C(=O)O. The van der Waals surface area contributed by atoms with Crippen LogP contribution >= 0.6 is 0 Å². The van der Waals surface area contributed by atoms with E-state index in [9.17, 15) is 4.79 Å². The zero-order valence-electron chi connectivity index (χ0n) is 5.36. The third-order valence-corrected chi connectivity index (χ3v) is 0.232. The van der Waals surface area contributed by atoms with Gasteiger partial charge in [-0.1, -0.05) is 0 Å². The van der Waals surface area contributed by atoms with E-state index in [1.807, 2.05) is 5.32 Å². The Hall–Kier alpha value is -0.570. The van der Waals surface area contributed by atoms with Crippen molar-refractivity contribution in [2.45, 2.75) is 0 Å². The molecule has 0 heterocycles. The van der Waals surface area contributed by atoms with Crippen molar-refractivity contribution in [3.8, 4) is 0 Å². The molecule has 0 rings (SSSR count). The second-order valence-electron chi connectivity index (χ2n) is 0.680. The summed E-state index contributed by atoms with van der Waals surface area (Å²) in [6.07, 6.45) is 0. The highest BCUT2D eigenvalue weighted by Gasteiger charge is 1.86. The highest BCUT2D eigenvalue weighted by molar-refractivity contribution is 5.68. The molecule has 0 aromatic rings. The molecule has 0 aliphatic carbocycles.